The van der Waals surface area contributed by atoms with Crippen molar-refractivity contribution in [2.45, 2.75) is 38.1 Å². The number of rotatable bonds is 7. The van der Waals surface area contributed by atoms with Gasteiger partial charge in [-0.1, -0.05) is 0 Å². The first-order valence-electron chi connectivity index (χ1n) is 11.1. The van der Waals surface area contributed by atoms with Gasteiger partial charge in [0.2, 0.25) is 10.0 Å². The Balaban J connectivity index is 1.72. The Morgan fingerprint density at radius 3 is 2.56 bits per heavy atom. The number of benzene rings is 1. The smallest absolute Gasteiger partial charge is 0.339 e. The van der Waals surface area contributed by atoms with E-state index in [0.29, 0.717) is 44.0 Å². The second-order valence-electron chi connectivity index (χ2n) is 8.18. The molecule has 0 atom stereocenters. The number of carbonyl (C=O) groups is 2. The highest BCUT2D eigenvalue weighted by Crippen LogP contribution is 2.20. The van der Waals surface area contributed by atoms with Crippen LogP contribution in [-0.2, 0) is 14.8 Å². The van der Waals surface area contributed by atoms with Crippen LogP contribution < -0.4 is 9.62 Å². The standard InChI is InChI=1S/C23H29FN4O5S/c1-4-33-23(30)17-6-9-21(25-15-17)27-10-5-11-28(13-12-27)22(29)19-14-18(7-8-20(19)24)34(31,32)26-16(2)3/h6-9,14-16,26H,4-5,10-13H2,1-3H3. The molecule has 1 saturated heterocycles. The van der Waals surface area contributed by atoms with E-state index in [-0.39, 0.29) is 23.1 Å². The van der Waals surface area contributed by atoms with E-state index in [2.05, 4.69) is 9.71 Å². The van der Waals surface area contributed by atoms with Crippen LogP contribution in [0.3, 0.4) is 0 Å². The maximum Gasteiger partial charge on any atom is 0.339 e. The van der Waals surface area contributed by atoms with Gasteiger partial charge in [0, 0.05) is 38.4 Å². The fraction of sp³-hybridized carbons (Fsp3) is 0.435. The van der Waals surface area contributed by atoms with Gasteiger partial charge in [0.1, 0.15) is 11.6 Å². The fourth-order valence-electron chi connectivity index (χ4n) is 3.64. The van der Waals surface area contributed by atoms with Gasteiger partial charge in [0.25, 0.3) is 5.91 Å². The number of hydrogen-bond acceptors (Lipinski definition) is 7. The number of esters is 1. The van der Waals surface area contributed by atoms with Crippen molar-refractivity contribution in [1.82, 2.24) is 14.6 Å². The number of sulfonamides is 1. The van der Waals surface area contributed by atoms with Crippen LogP contribution in [-0.4, -0.2) is 69.0 Å². The molecule has 0 radical (unpaired) electrons. The monoisotopic (exact) mass is 492 g/mol. The summed E-state index contributed by atoms with van der Waals surface area (Å²) in [5.74, 6) is -1.12. The van der Waals surface area contributed by atoms with E-state index in [0.717, 1.165) is 18.2 Å². The predicted octanol–water partition coefficient (Wildman–Crippen LogP) is 2.44. The van der Waals surface area contributed by atoms with E-state index < -0.39 is 27.7 Å². The maximum absolute atomic E-state index is 14.5. The number of halogens is 1. The lowest BCUT2D eigenvalue weighted by Gasteiger charge is -2.23. The van der Waals surface area contributed by atoms with Gasteiger partial charge in [-0.3, -0.25) is 4.79 Å². The third-order valence-electron chi connectivity index (χ3n) is 5.24. The molecule has 34 heavy (non-hydrogen) atoms. The number of nitrogens with zero attached hydrogens (tertiary/aromatic N) is 3. The molecule has 9 nitrogen and oxygen atoms in total. The van der Waals surface area contributed by atoms with Crippen LogP contribution in [0.2, 0.25) is 0 Å². The fourth-order valence-corrected chi connectivity index (χ4v) is 4.92. The van der Waals surface area contributed by atoms with Crippen molar-refractivity contribution in [2.24, 2.45) is 0 Å². The first-order valence-corrected chi connectivity index (χ1v) is 12.6. The summed E-state index contributed by atoms with van der Waals surface area (Å²) in [6.45, 7) is 7.12. The molecule has 1 aromatic heterocycles. The zero-order chi connectivity index (χ0) is 24.9. The Morgan fingerprint density at radius 2 is 1.91 bits per heavy atom. The summed E-state index contributed by atoms with van der Waals surface area (Å²) in [5, 5.41) is 0. The van der Waals surface area contributed by atoms with Crippen LogP contribution in [0.15, 0.2) is 41.4 Å². The van der Waals surface area contributed by atoms with Gasteiger partial charge in [-0.25, -0.2) is 27.3 Å². The molecule has 1 amide bonds. The third-order valence-corrected chi connectivity index (χ3v) is 6.89. The molecule has 0 bridgehead atoms. The van der Waals surface area contributed by atoms with E-state index in [1.165, 1.54) is 11.1 Å². The summed E-state index contributed by atoms with van der Waals surface area (Å²) in [4.78, 5) is 32.6. The molecule has 1 N–H and O–H groups in total. The van der Waals surface area contributed by atoms with Gasteiger partial charge >= 0.3 is 5.97 Å². The van der Waals surface area contributed by atoms with E-state index in [9.17, 15) is 22.4 Å². The Hall–Kier alpha value is -3.05. The van der Waals surface area contributed by atoms with Crippen molar-refractivity contribution in [3.63, 3.8) is 0 Å². The highest BCUT2D eigenvalue weighted by atomic mass is 32.2. The molecule has 0 spiro atoms. The maximum atomic E-state index is 14.5. The number of aromatic nitrogens is 1. The summed E-state index contributed by atoms with van der Waals surface area (Å²) in [6.07, 6.45) is 2.06. The van der Waals surface area contributed by atoms with E-state index >= 15 is 0 Å². The molecule has 1 aliphatic rings. The second kappa shape index (κ2) is 10.9. The van der Waals surface area contributed by atoms with Gasteiger partial charge in [0.15, 0.2) is 0 Å². The SMILES string of the molecule is CCOC(=O)c1ccc(N2CCCN(C(=O)c3cc(S(=O)(=O)NC(C)C)ccc3F)CC2)nc1. The molecule has 2 heterocycles. The van der Waals surface area contributed by atoms with Crippen LogP contribution >= 0.6 is 0 Å². The van der Waals surface area contributed by atoms with Gasteiger partial charge in [-0.2, -0.15) is 0 Å². The van der Waals surface area contributed by atoms with Gasteiger partial charge in [-0.05, 0) is 57.5 Å². The first kappa shape index (κ1) is 25.6. The van der Waals surface area contributed by atoms with Crippen molar-refractivity contribution in [2.75, 3.05) is 37.7 Å². The summed E-state index contributed by atoms with van der Waals surface area (Å²) >= 11 is 0. The third kappa shape index (κ3) is 6.09. The molecule has 2 aromatic rings. The van der Waals surface area contributed by atoms with Gasteiger partial charge in [-0.15, -0.1) is 0 Å². The average molecular weight is 493 g/mol. The second-order valence-corrected chi connectivity index (χ2v) is 9.89. The quantitative estimate of drug-likeness (QED) is 0.592. The van der Waals surface area contributed by atoms with Crippen molar-refractivity contribution >= 4 is 27.7 Å². The molecule has 0 saturated carbocycles. The Labute approximate surface area is 199 Å². The highest BCUT2D eigenvalue weighted by Gasteiger charge is 2.25. The number of carbonyl (C=O) groups excluding carboxylic acids is 2. The number of nitrogens with one attached hydrogen (secondary N) is 1. The molecule has 3 rings (SSSR count). The summed E-state index contributed by atoms with van der Waals surface area (Å²) < 4.78 is 46.8. The van der Waals surface area contributed by atoms with Crippen molar-refractivity contribution < 1.29 is 27.1 Å². The molecule has 1 aromatic carbocycles. The van der Waals surface area contributed by atoms with E-state index in [1.807, 2.05) is 4.90 Å². The Kier molecular flexibility index (Phi) is 8.21. The van der Waals surface area contributed by atoms with Crippen LogP contribution in [0.1, 0.15) is 47.9 Å². The van der Waals surface area contributed by atoms with Crippen LogP contribution in [0.25, 0.3) is 0 Å². The molecule has 184 valence electrons. The van der Waals surface area contributed by atoms with E-state index in [4.69, 9.17) is 4.74 Å². The Morgan fingerprint density at radius 1 is 1.15 bits per heavy atom. The lowest BCUT2D eigenvalue weighted by Crippen LogP contribution is -2.36. The summed E-state index contributed by atoms with van der Waals surface area (Å²) in [6, 6.07) is 6.25. The molecular weight excluding hydrogens is 463 g/mol. The molecular formula is C23H29FN4O5S. The largest absolute Gasteiger partial charge is 0.462 e. The van der Waals surface area contributed by atoms with Gasteiger partial charge < -0.3 is 14.5 Å². The number of ether oxygens (including phenoxy) is 1. The molecule has 1 fully saturated rings. The summed E-state index contributed by atoms with van der Waals surface area (Å²) in [5.41, 5.74) is 0.0755. The van der Waals surface area contributed by atoms with Crippen molar-refractivity contribution in [3.8, 4) is 0 Å². The predicted molar refractivity (Wildman–Crippen MR) is 125 cm³/mol. The van der Waals surface area contributed by atoms with Crippen molar-refractivity contribution in [1.29, 1.82) is 0 Å². The number of anilines is 1. The Bertz CT molecular complexity index is 1140. The van der Waals surface area contributed by atoms with Crippen LogP contribution in [0, 0.1) is 5.82 Å². The molecule has 1 aliphatic heterocycles. The minimum atomic E-state index is -3.87. The number of hydrogen-bond donors (Lipinski definition) is 1. The number of amides is 1. The van der Waals surface area contributed by atoms with Crippen LogP contribution in [0.4, 0.5) is 10.2 Å². The lowest BCUT2D eigenvalue weighted by atomic mass is 10.2. The van der Waals surface area contributed by atoms with E-state index in [1.54, 1.807) is 32.9 Å². The number of pyridine rings is 1. The zero-order valence-electron chi connectivity index (χ0n) is 19.5. The molecule has 0 unspecified atom stereocenters. The minimum Gasteiger partial charge on any atom is -0.462 e. The van der Waals surface area contributed by atoms with Crippen molar-refractivity contribution in [3.05, 3.63) is 53.5 Å². The van der Waals surface area contributed by atoms with Crippen LogP contribution in [0.5, 0.6) is 0 Å². The topological polar surface area (TPSA) is 109 Å². The normalized spacial score (nSPS) is 14.7. The van der Waals surface area contributed by atoms with Gasteiger partial charge in [0.05, 0.1) is 22.6 Å². The molecule has 11 heteroatoms. The summed E-state index contributed by atoms with van der Waals surface area (Å²) in [7, 11) is -3.87. The zero-order valence-corrected chi connectivity index (χ0v) is 20.3. The average Bonchev–Trinajstić information content (AvgIpc) is 3.04. The minimum absolute atomic E-state index is 0.159. The highest BCUT2D eigenvalue weighted by molar-refractivity contribution is 7.89. The first-order chi connectivity index (χ1) is 16.1. The lowest BCUT2D eigenvalue weighted by molar-refractivity contribution is 0.0525. The molecule has 0 aliphatic carbocycles.